The number of anilines is 2. The molecule has 0 spiro atoms. The highest BCUT2D eigenvalue weighted by Gasteiger charge is 2.30. The summed E-state index contributed by atoms with van der Waals surface area (Å²) in [6, 6.07) is 12.4. The lowest BCUT2D eigenvalue weighted by molar-refractivity contribution is -0.134. The van der Waals surface area contributed by atoms with Crippen LogP contribution in [-0.2, 0) is 14.4 Å². The first-order chi connectivity index (χ1) is 15.3. The quantitative estimate of drug-likeness (QED) is 0.694. The molecule has 2 N–H and O–H groups in total. The first-order valence-electron chi connectivity index (χ1n) is 10.3. The summed E-state index contributed by atoms with van der Waals surface area (Å²) in [5.74, 6) is 0.343. The minimum absolute atomic E-state index is 0.000890. The van der Waals surface area contributed by atoms with Crippen molar-refractivity contribution >= 4 is 40.7 Å². The Hall–Kier alpha value is -3.10. The number of carbonyl (C=O) groups excluding carboxylic acids is 3. The minimum Gasteiger partial charge on any atom is -0.497 e. The van der Waals surface area contributed by atoms with Gasteiger partial charge in [-0.15, -0.1) is 0 Å². The molecule has 1 heterocycles. The molecule has 2 aromatic rings. The lowest BCUT2D eigenvalue weighted by Crippen LogP contribution is -2.51. The number of rotatable bonds is 6. The van der Waals surface area contributed by atoms with Crippen LogP contribution in [0.15, 0.2) is 42.5 Å². The second kappa shape index (κ2) is 10.5. The molecule has 0 saturated carbocycles. The summed E-state index contributed by atoms with van der Waals surface area (Å²) in [5, 5.41) is 5.80. The zero-order chi connectivity index (χ0) is 23.3. The molecule has 3 rings (SSSR count). The Labute approximate surface area is 192 Å². The number of amides is 3. The van der Waals surface area contributed by atoms with Gasteiger partial charge in [0.1, 0.15) is 5.75 Å². The number of hydrogen-bond donors (Lipinski definition) is 2. The lowest BCUT2D eigenvalue weighted by Gasteiger charge is -2.41. The summed E-state index contributed by atoms with van der Waals surface area (Å²) in [4.78, 5) is 39.8. The van der Waals surface area contributed by atoms with E-state index in [1.807, 2.05) is 34.1 Å². The van der Waals surface area contributed by atoms with Crippen LogP contribution >= 0.6 is 11.6 Å². The second-order valence-electron chi connectivity index (χ2n) is 7.66. The summed E-state index contributed by atoms with van der Waals surface area (Å²) < 4.78 is 5.22. The Morgan fingerprint density at radius 1 is 1.06 bits per heavy atom. The van der Waals surface area contributed by atoms with E-state index in [0.29, 0.717) is 36.0 Å². The maximum absolute atomic E-state index is 12.7. The second-order valence-corrected chi connectivity index (χ2v) is 8.07. The van der Waals surface area contributed by atoms with Crippen molar-refractivity contribution in [2.24, 2.45) is 0 Å². The SMILES string of the molecule is COc1ccc([C@H]2CN(CC(=O)Nc3ccc(NC(C)=O)cc3Cl)CCN2C(C)=O)cc1. The van der Waals surface area contributed by atoms with E-state index in [0.717, 1.165) is 11.3 Å². The molecule has 1 fully saturated rings. The van der Waals surface area contributed by atoms with E-state index in [2.05, 4.69) is 10.6 Å². The molecule has 2 aromatic carbocycles. The van der Waals surface area contributed by atoms with Gasteiger partial charge in [0.2, 0.25) is 17.7 Å². The Bertz CT molecular complexity index is 996. The molecule has 1 aliphatic heterocycles. The fourth-order valence-electron chi connectivity index (χ4n) is 3.76. The highest BCUT2D eigenvalue weighted by atomic mass is 35.5. The Morgan fingerprint density at radius 2 is 1.78 bits per heavy atom. The highest BCUT2D eigenvalue weighted by molar-refractivity contribution is 6.34. The first kappa shape index (κ1) is 23.6. The Morgan fingerprint density at radius 3 is 2.38 bits per heavy atom. The third kappa shape index (κ3) is 5.99. The number of piperazine rings is 1. The first-order valence-corrected chi connectivity index (χ1v) is 10.6. The van der Waals surface area contributed by atoms with E-state index in [4.69, 9.17) is 16.3 Å². The van der Waals surface area contributed by atoms with Gasteiger partial charge in [-0.3, -0.25) is 19.3 Å². The van der Waals surface area contributed by atoms with Gasteiger partial charge in [0.25, 0.3) is 0 Å². The van der Waals surface area contributed by atoms with Crippen molar-refractivity contribution in [3.63, 3.8) is 0 Å². The monoisotopic (exact) mass is 458 g/mol. The molecular weight excluding hydrogens is 432 g/mol. The van der Waals surface area contributed by atoms with Gasteiger partial charge in [-0.1, -0.05) is 23.7 Å². The zero-order valence-electron chi connectivity index (χ0n) is 18.4. The summed E-state index contributed by atoms with van der Waals surface area (Å²) >= 11 is 6.25. The van der Waals surface area contributed by atoms with Crippen LogP contribution in [0, 0.1) is 0 Å². The van der Waals surface area contributed by atoms with Crippen LogP contribution in [0.2, 0.25) is 5.02 Å². The standard InChI is InChI=1S/C23H27ClN4O4/c1-15(29)25-18-6-9-21(20(24)12-18)26-23(31)14-27-10-11-28(16(2)30)22(13-27)17-4-7-19(32-3)8-5-17/h4-9,12,22H,10-11,13-14H2,1-3H3,(H,25,29)(H,26,31)/t22-/m1/s1. The maximum atomic E-state index is 12.7. The molecule has 1 atom stereocenters. The van der Waals surface area contributed by atoms with E-state index < -0.39 is 0 Å². The van der Waals surface area contributed by atoms with Crippen molar-refractivity contribution in [3.05, 3.63) is 53.1 Å². The van der Waals surface area contributed by atoms with Crippen LogP contribution in [0.25, 0.3) is 0 Å². The fraction of sp³-hybridized carbons (Fsp3) is 0.348. The van der Waals surface area contributed by atoms with Crippen molar-refractivity contribution < 1.29 is 19.1 Å². The number of methoxy groups -OCH3 is 1. The number of halogens is 1. The molecule has 1 aliphatic rings. The van der Waals surface area contributed by atoms with Gasteiger partial charge in [0.15, 0.2) is 0 Å². The van der Waals surface area contributed by atoms with Crippen molar-refractivity contribution in [2.45, 2.75) is 19.9 Å². The molecule has 1 saturated heterocycles. The van der Waals surface area contributed by atoms with Crippen molar-refractivity contribution in [3.8, 4) is 5.75 Å². The number of ether oxygens (including phenoxy) is 1. The van der Waals surface area contributed by atoms with Crippen molar-refractivity contribution in [1.82, 2.24) is 9.80 Å². The molecule has 0 unspecified atom stereocenters. The van der Waals surface area contributed by atoms with Gasteiger partial charge in [0, 0.05) is 39.2 Å². The van der Waals surface area contributed by atoms with Gasteiger partial charge in [-0.2, -0.15) is 0 Å². The molecule has 8 nitrogen and oxygen atoms in total. The molecule has 170 valence electrons. The Kier molecular flexibility index (Phi) is 7.71. The number of nitrogens with one attached hydrogen (secondary N) is 2. The molecule has 32 heavy (non-hydrogen) atoms. The highest BCUT2D eigenvalue weighted by Crippen LogP contribution is 2.28. The average molecular weight is 459 g/mol. The minimum atomic E-state index is -0.205. The smallest absolute Gasteiger partial charge is 0.238 e. The largest absolute Gasteiger partial charge is 0.497 e. The van der Waals surface area contributed by atoms with E-state index in [1.165, 1.54) is 6.92 Å². The topological polar surface area (TPSA) is 91.0 Å². The maximum Gasteiger partial charge on any atom is 0.238 e. The van der Waals surface area contributed by atoms with Gasteiger partial charge < -0.3 is 20.3 Å². The molecule has 3 amide bonds. The lowest BCUT2D eigenvalue weighted by atomic mass is 10.0. The predicted molar refractivity (Wildman–Crippen MR) is 124 cm³/mol. The molecule has 0 aliphatic carbocycles. The summed E-state index contributed by atoms with van der Waals surface area (Å²) in [5.41, 5.74) is 2.02. The van der Waals surface area contributed by atoms with Crippen LogP contribution in [0.3, 0.4) is 0 Å². The van der Waals surface area contributed by atoms with Gasteiger partial charge in [-0.25, -0.2) is 0 Å². The number of nitrogens with zero attached hydrogens (tertiary/aromatic N) is 2. The van der Waals surface area contributed by atoms with Gasteiger partial charge >= 0.3 is 0 Å². The summed E-state index contributed by atoms with van der Waals surface area (Å²) in [7, 11) is 1.61. The number of hydrogen-bond acceptors (Lipinski definition) is 5. The van der Waals surface area contributed by atoms with Crippen molar-refractivity contribution in [2.75, 3.05) is 43.9 Å². The normalized spacial score (nSPS) is 16.4. The predicted octanol–water partition coefficient (Wildman–Crippen LogP) is 3.15. The fourth-order valence-corrected chi connectivity index (χ4v) is 3.99. The van der Waals surface area contributed by atoms with Crippen molar-refractivity contribution in [1.29, 1.82) is 0 Å². The number of benzene rings is 2. The van der Waals surface area contributed by atoms with Gasteiger partial charge in [-0.05, 0) is 35.9 Å². The van der Waals surface area contributed by atoms with Gasteiger partial charge in [0.05, 0.1) is 30.4 Å². The summed E-state index contributed by atoms with van der Waals surface area (Å²) in [6.45, 7) is 4.80. The van der Waals surface area contributed by atoms with Crippen LogP contribution in [0.1, 0.15) is 25.5 Å². The molecule has 9 heteroatoms. The van der Waals surface area contributed by atoms with E-state index in [1.54, 1.807) is 32.2 Å². The zero-order valence-corrected chi connectivity index (χ0v) is 19.1. The van der Waals surface area contributed by atoms with Crippen LogP contribution in [-0.4, -0.2) is 60.8 Å². The number of carbonyl (C=O) groups is 3. The van der Waals surface area contributed by atoms with E-state index >= 15 is 0 Å². The molecular formula is C23H27ClN4O4. The Balaban J connectivity index is 1.66. The van der Waals surface area contributed by atoms with Crippen LogP contribution in [0.4, 0.5) is 11.4 Å². The summed E-state index contributed by atoms with van der Waals surface area (Å²) in [6.07, 6.45) is 0. The molecule has 0 aromatic heterocycles. The third-order valence-corrected chi connectivity index (χ3v) is 5.61. The molecule has 0 bridgehead atoms. The van der Waals surface area contributed by atoms with Crippen LogP contribution < -0.4 is 15.4 Å². The van der Waals surface area contributed by atoms with E-state index in [-0.39, 0.29) is 30.3 Å². The van der Waals surface area contributed by atoms with Crippen LogP contribution in [0.5, 0.6) is 5.75 Å². The van der Waals surface area contributed by atoms with E-state index in [9.17, 15) is 14.4 Å². The average Bonchev–Trinajstić information content (AvgIpc) is 2.75. The third-order valence-electron chi connectivity index (χ3n) is 5.30. The molecule has 0 radical (unpaired) electrons.